The Kier molecular flexibility index (Phi) is 3.72. The molecule has 1 fully saturated rings. The molecule has 6 heteroatoms. The van der Waals surface area contributed by atoms with Gasteiger partial charge in [0.1, 0.15) is 0 Å². The van der Waals surface area contributed by atoms with E-state index in [0.29, 0.717) is 0 Å². The fourth-order valence-corrected chi connectivity index (χ4v) is 3.32. The summed E-state index contributed by atoms with van der Waals surface area (Å²) in [7, 11) is 1.98. The average Bonchev–Trinajstić information content (AvgIpc) is 2.89. The number of imidazole rings is 1. The molecule has 3 rings (SSSR count). The number of nitrogens with one attached hydrogen (secondary N) is 1. The number of thiazole rings is 1. The minimum atomic E-state index is 0.268. The quantitative estimate of drug-likeness (QED) is 0.930. The molecule has 1 atom stereocenters. The van der Waals surface area contributed by atoms with Crippen molar-refractivity contribution in [1.29, 1.82) is 0 Å². The predicted molar refractivity (Wildman–Crippen MR) is 78.1 cm³/mol. The fourth-order valence-electron chi connectivity index (χ4n) is 2.59. The second-order valence-corrected chi connectivity index (χ2v) is 5.82. The monoisotopic (exact) mass is 280 g/mol. The molecule has 1 aliphatic rings. The second kappa shape index (κ2) is 5.48. The molecule has 0 aromatic carbocycles. The summed E-state index contributed by atoms with van der Waals surface area (Å²) in [5, 5.41) is 5.33. The lowest BCUT2D eigenvalue weighted by Gasteiger charge is -2.23. The Morgan fingerprint density at radius 3 is 3.32 bits per heavy atom. The molecule has 0 aliphatic carbocycles. The van der Waals surface area contributed by atoms with Crippen LogP contribution in [0.4, 0.5) is 5.82 Å². The van der Waals surface area contributed by atoms with Gasteiger partial charge in [-0.1, -0.05) is 0 Å². The third-order valence-corrected chi connectivity index (χ3v) is 4.19. The SMILES string of the molecule is CNCc1c(N2CCCOC(C)C2)nc2sccn12. The summed E-state index contributed by atoms with van der Waals surface area (Å²) in [6.45, 7) is 5.75. The molecule has 2 aromatic rings. The Labute approximate surface area is 117 Å². The summed E-state index contributed by atoms with van der Waals surface area (Å²) < 4.78 is 7.91. The molecule has 5 nitrogen and oxygen atoms in total. The summed E-state index contributed by atoms with van der Waals surface area (Å²) in [6, 6.07) is 0. The van der Waals surface area contributed by atoms with E-state index >= 15 is 0 Å². The van der Waals surface area contributed by atoms with Crippen molar-refractivity contribution in [3.8, 4) is 0 Å². The molecule has 0 amide bonds. The highest BCUT2D eigenvalue weighted by Crippen LogP contribution is 2.26. The number of anilines is 1. The largest absolute Gasteiger partial charge is 0.377 e. The van der Waals surface area contributed by atoms with Crippen molar-refractivity contribution >= 4 is 22.1 Å². The van der Waals surface area contributed by atoms with Gasteiger partial charge >= 0.3 is 0 Å². The minimum Gasteiger partial charge on any atom is -0.377 e. The van der Waals surface area contributed by atoms with Crippen molar-refractivity contribution < 1.29 is 4.74 Å². The topological polar surface area (TPSA) is 41.8 Å². The number of rotatable bonds is 3. The molecule has 3 heterocycles. The molecule has 1 N–H and O–H groups in total. The van der Waals surface area contributed by atoms with E-state index < -0.39 is 0 Å². The maximum atomic E-state index is 5.72. The molecule has 104 valence electrons. The number of fused-ring (bicyclic) bond motifs is 1. The van der Waals surface area contributed by atoms with Crippen LogP contribution in [-0.2, 0) is 11.3 Å². The third kappa shape index (κ3) is 2.48. The lowest BCUT2D eigenvalue weighted by atomic mass is 10.3. The van der Waals surface area contributed by atoms with Crippen LogP contribution in [0.1, 0.15) is 19.0 Å². The van der Waals surface area contributed by atoms with Gasteiger partial charge in [-0.3, -0.25) is 4.40 Å². The predicted octanol–water partition coefficient (Wildman–Crippen LogP) is 1.73. The first kappa shape index (κ1) is 12.9. The van der Waals surface area contributed by atoms with Crippen LogP contribution in [0.3, 0.4) is 0 Å². The summed E-state index contributed by atoms with van der Waals surface area (Å²) in [4.78, 5) is 8.24. The van der Waals surface area contributed by atoms with Crippen LogP contribution in [-0.4, -0.2) is 42.2 Å². The molecule has 0 saturated carbocycles. The highest BCUT2D eigenvalue weighted by atomic mass is 32.1. The molecular weight excluding hydrogens is 260 g/mol. The molecule has 19 heavy (non-hydrogen) atoms. The van der Waals surface area contributed by atoms with Crippen molar-refractivity contribution in [3.05, 3.63) is 17.3 Å². The second-order valence-electron chi connectivity index (χ2n) is 4.95. The van der Waals surface area contributed by atoms with Gasteiger partial charge in [0.15, 0.2) is 10.8 Å². The van der Waals surface area contributed by atoms with Crippen molar-refractivity contribution in [2.45, 2.75) is 26.0 Å². The Balaban J connectivity index is 1.97. The molecular formula is C13H20N4OS. The van der Waals surface area contributed by atoms with E-state index in [0.717, 1.165) is 43.4 Å². The van der Waals surface area contributed by atoms with Crippen LogP contribution in [0.5, 0.6) is 0 Å². The van der Waals surface area contributed by atoms with Gasteiger partial charge in [-0.15, -0.1) is 11.3 Å². The van der Waals surface area contributed by atoms with Gasteiger partial charge in [-0.05, 0) is 20.4 Å². The molecule has 1 unspecified atom stereocenters. The van der Waals surface area contributed by atoms with Crippen LogP contribution in [0.15, 0.2) is 11.6 Å². The lowest BCUT2D eigenvalue weighted by molar-refractivity contribution is 0.0820. The maximum absolute atomic E-state index is 5.72. The van der Waals surface area contributed by atoms with E-state index in [9.17, 15) is 0 Å². The molecule has 0 spiro atoms. The van der Waals surface area contributed by atoms with E-state index in [-0.39, 0.29) is 6.10 Å². The zero-order valence-corrected chi connectivity index (χ0v) is 12.2. The first-order chi connectivity index (χ1) is 9.29. The summed E-state index contributed by atoms with van der Waals surface area (Å²) >= 11 is 1.68. The summed E-state index contributed by atoms with van der Waals surface area (Å²) in [6.07, 6.45) is 3.43. The molecule has 1 saturated heterocycles. The molecule has 0 bridgehead atoms. The molecule has 1 aliphatic heterocycles. The smallest absolute Gasteiger partial charge is 0.195 e. The molecule has 0 radical (unpaired) electrons. The zero-order chi connectivity index (χ0) is 13.2. The first-order valence-corrected chi connectivity index (χ1v) is 7.63. The lowest BCUT2D eigenvalue weighted by Crippen LogP contribution is -2.31. The zero-order valence-electron chi connectivity index (χ0n) is 11.4. The fraction of sp³-hybridized carbons (Fsp3) is 0.615. The van der Waals surface area contributed by atoms with E-state index in [1.54, 1.807) is 11.3 Å². The van der Waals surface area contributed by atoms with E-state index in [4.69, 9.17) is 9.72 Å². The number of hydrogen-bond donors (Lipinski definition) is 1. The third-order valence-electron chi connectivity index (χ3n) is 3.44. The molecule has 2 aromatic heterocycles. The minimum absolute atomic E-state index is 0.268. The summed E-state index contributed by atoms with van der Waals surface area (Å²) in [5.74, 6) is 1.11. The number of aromatic nitrogens is 2. The standard InChI is InChI=1S/C13H20N4OS/c1-10-9-16(4-3-6-18-10)12-11(8-14-2)17-5-7-19-13(17)15-12/h5,7,10,14H,3-4,6,8-9H2,1-2H3. The van der Waals surface area contributed by atoms with Gasteiger partial charge in [0.2, 0.25) is 0 Å². The maximum Gasteiger partial charge on any atom is 0.195 e. The Bertz CT molecular complexity index is 550. The highest BCUT2D eigenvalue weighted by molar-refractivity contribution is 7.15. The number of hydrogen-bond acceptors (Lipinski definition) is 5. The highest BCUT2D eigenvalue weighted by Gasteiger charge is 2.22. The van der Waals surface area contributed by atoms with Gasteiger partial charge < -0.3 is 15.0 Å². The van der Waals surface area contributed by atoms with Gasteiger partial charge in [0.05, 0.1) is 11.8 Å². The van der Waals surface area contributed by atoms with Crippen LogP contribution in [0.25, 0.3) is 4.96 Å². The average molecular weight is 280 g/mol. The van der Waals surface area contributed by atoms with Gasteiger partial charge in [0.25, 0.3) is 0 Å². The number of ether oxygens (including phenoxy) is 1. The number of nitrogens with zero attached hydrogens (tertiary/aromatic N) is 3. The summed E-state index contributed by atoms with van der Waals surface area (Å²) in [5.41, 5.74) is 1.24. The van der Waals surface area contributed by atoms with Crippen LogP contribution in [0, 0.1) is 0 Å². The van der Waals surface area contributed by atoms with Gasteiger partial charge in [-0.25, -0.2) is 4.98 Å². The van der Waals surface area contributed by atoms with Crippen molar-refractivity contribution in [1.82, 2.24) is 14.7 Å². The van der Waals surface area contributed by atoms with Crippen LogP contribution < -0.4 is 10.2 Å². The van der Waals surface area contributed by atoms with Gasteiger partial charge in [-0.2, -0.15) is 0 Å². The van der Waals surface area contributed by atoms with E-state index in [1.807, 2.05) is 7.05 Å². The van der Waals surface area contributed by atoms with Crippen molar-refractivity contribution in [2.75, 3.05) is 31.6 Å². The Morgan fingerprint density at radius 2 is 2.47 bits per heavy atom. The van der Waals surface area contributed by atoms with Crippen molar-refractivity contribution in [3.63, 3.8) is 0 Å². The van der Waals surface area contributed by atoms with Gasteiger partial charge in [0, 0.05) is 37.8 Å². The van der Waals surface area contributed by atoms with E-state index in [1.165, 1.54) is 5.69 Å². The Hall–Kier alpha value is -1.11. The normalized spacial score (nSPS) is 20.9. The van der Waals surface area contributed by atoms with E-state index in [2.05, 4.69) is 33.1 Å². The van der Waals surface area contributed by atoms with Crippen LogP contribution in [0.2, 0.25) is 0 Å². The first-order valence-electron chi connectivity index (χ1n) is 6.75. The van der Waals surface area contributed by atoms with Crippen LogP contribution >= 0.6 is 11.3 Å². The van der Waals surface area contributed by atoms with Crippen molar-refractivity contribution in [2.24, 2.45) is 0 Å². The Morgan fingerprint density at radius 1 is 1.58 bits per heavy atom.